The highest BCUT2D eigenvalue weighted by Crippen LogP contribution is 2.24. The second-order valence-electron chi connectivity index (χ2n) is 5.43. The maximum Gasteiger partial charge on any atom is 0.252 e. The first kappa shape index (κ1) is 13.4. The van der Waals surface area contributed by atoms with Gasteiger partial charge in [0.2, 0.25) is 5.89 Å². The van der Waals surface area contributed by atoms with Gasteiger partial charge in [0.25, 0.3) is 5.91 Å². The van der Waals surface area contributed by atoms with Gasteiger partial charge in [-0.25, -0.2) is 4.98 Å². The van der Waals surface area contributed by atoms with Crippen molar-refractivity contribution >= 4 is 17.0 Å². The first-order valence-corrected chi connectivity index (χ1v) is 6.80. The van der Waals surface area contributed by atoms with E-state index in [1.54, 1.807) is 12.1 Å². The van der Waals surface area contributed by atoms with Gasteiger partial charge in [0.15, 0.2) is 5.58 Å². The van der Waals surface area contributed by atoms with E-state index in [-0.39, 0.29) is 5.91 Å². The second kappa shape index (κ2) is 5.05. The van der Waals surface area contributed by atoms with Crippen molar-refractivity contribution in [2.45, 2.75) is 19.4 Å². The highest BCUT2D eigenvalue weighted by Gasteiger charge is 2.29. The fourth-order valence-electron chi connectivity index (χ4n) is 2.14. The minimum atomic E-state index is -0.689. The van der Waals surface area contributed by atoms with Crippen LogP contribution in [-0.2, 0) is 5.54 Å². The lowest BCUT2D eigenvalue weighted by molar-refractivity contribution is 0.0899. The molecule has 0 spiro atoms. The van der Waals surface area contributed by atoms with Crippen LogP contribution in [0.2, 0.25) is 0 Å². The van der Waals surface area contributed by atoms with E-state index in [2.05, 4.69) is 10.3 Å². The predicted octanol–water partition coefficient (Wildman–Crippen LogP) is 3.49. The average molecular weight is 280 g/mol. The highest BCUT2D eigenvalue weighted by atomic mass is 16.4. The van der Waals surface area contributed by atoms with Crippen LogP contribution >= 0.6 is 0 Å². The van der Waals surface area contributed by atoms with Crippen LogP contribution in [0.3, 0.4) is 0 Å². The van der Waals surface area contributed by atoms with Gasteiger partial charge in [0.1, 0.15) is 11.1 Å². The summed E-state index contributed by atoms with van der Waals surface area (Å²) in [5, 5.41) is 2.95. The Hall–Kier alpha value is -2.62. The van der Waals surface area contributed by atoms with Crippen LogP contribution in [-0.4, -0.2) is 10.9 Å². The molecule has 106 valence electrons. The van der Waals surface area contributed by atoms with E-state index in [4.69, 9.17) is 4.42 Å². The molecule has 0 aliphatic heterocycles. The van der Waals surface area contributed by atoms with E-state index in [0.29, 0.717) is 11.5 Å². The Kier molecular flexibility index (Phi) is 3.22. The Labute approximate surface area is 122 Å². The fourth-order valence-corrected chi connectivity index (χ4v) is 2.14. The molecule has 0 unspecified atom stereocenters. The summed E-state index contributed by atoms with van der Waals surface area (Å²) in [4.78, 5) is 16.7. The lowest BCUT2D eigenvalue weighted by Gasteiger charge is -2.22. The molecule has 1 heterocycles. The van der Waals surface area contributed by atoms with Crippen molar-refractivity contribution in [1.29, 1.82) is 0 Å². The molecule has 4 nitrogen and oxygen atoms in total. The van der Waals surface area contributed by atoms with Crippen LogP contribution < -0.4 is 5.32 Å². The average Bonchev–Trinajstić information content (AvgIpc) is 2.92. The fraction of sp³-hybridized carbons (Fsp3) is 0.176. The summed E-state index contributed by atoms with van der Waals surface area (Å²) in [6, 6.07) is 16.6. The standard InChI is InChI=1S/C17H16N2O2/c1-17(2,19-15(20)12-8-4-3-5-9-12)16-18-13-10-6-7-11-14(13)21-16/h3-11H,1-2H3,(H,19,20). The van der Waals surface area contributed by atoms with Gasteiger partial charge < -0.3 is 9.73 Å². The zero-order valence-corrected chi connectivity index (χ0v) is 12.0. The number of amides is 1. The molecule has 0 saturated carbocycles. The molecule has 1 N–H and O–H groups in total. The van der Waals surface area contributed by atoms with E-state index < -0.39 is 5.54 Å². The molecule has 4 heteroatoms. The SMILES string of the molecule is CC(C)(NC(=O)c1ccccc1)c1nc2ccccc2o1. The molecule has 0 aliphatic rings. The van der Waals surface area contributed by atoms with Crippen LogP contribution in [0, 0.1) is 0 Å². The zero-order valence-electron chi connectivity index (χ0n) is 12.0. The van der Waals surface area contributed by atoms with E-state index in [9.17, 15) is 4.79 Å². The Bertz CT molecular complexity index is 743. The number of benzene rings is 2. The molecular weight excluding hydrogens is 264 g/mol. The molecule has 1 amide bonds. The number of hydrogen-bond acceptors (Lipinski definition) is 3. The van der Waals surface area contributed by atoms with Gasteiger partial charge in [-0.15, -0.1) is 0 Å². The number of hydrogen-bond donors (Lipinski definition) is 1. The van der Waals surface area contributed by atoms with Gasteiger partial charge in [0.05, 0.1) is 0 Å². The largest absolute Gasteiger partial charge is 0.438 e. The molecule has 3 aromatic rings. The number of fused-ring (bicyclic) bond motifs is 1. The maximum atomic E-state index is 12.3. The summed E-state index contributed by atoms with van der Waals surface area (Å²) >= 11 is 0. The molecular formula is C17H16N2O2. The number of nitrogens with one attached hydrogen (secondary N) is 1. The van der Waals surface area contributed by atoms with Gasteiger partial charge in [-0.05, 0) is 38.1 Å². The maximum absolute atomic E-state index is 12.3. The third kappa shape index (κ3) is 2.65. The minimum Gasteiger partial charge on any atom is -0.438 e. The Morgan fingerprint density at radius 1 is 1.05 bits per heavy atom. The molecule has 3 rings (SSSR count). The number of carbonyl (C=O) groups excluding carboxylic acids is 1. The normalized spacial score (nSPS) is 11.5. The molecule has 0 saturated heterocycles. The number of oxazole rings is 1. The van der Waals surface area contributed by atoms with Crippen molar-refractivity contribution in [2.75, 3.05) is 0 Å². The quantitative estimate of drug-likeness (QED) is 0.799. The van der Waals surface area contributed by atoms with E-state index >= 15 is 0 Å². The minimum absolute atomic E-state index is 0.150. The van der Waals surface area contributed by atoms with Gasteiger partial charge in [0, 0.05) is 5.56 Å². The van der Waals surface area contributed by atoms with Gasteiger partial charge in [-0.2, -0.15) is 0 Å². The van der Waals surface area contributed by atoms with Crippen LogP contribution in [0.15, 0.2) is 59.0 Å². The summed E-state index contributed by atoms with van der Waals surface area (Å²) in [7, 11) is 0. The topological polar surface area (TPSA) is 55.1 Å². The Balaban J connectivity index is 1.88. The molecule has 0 radical (unpaired) electrons. The van der Waals surface area contributed by atoms with Crippen molar-refractivity contribution in [1.82, 2.24) is 10.3 Å². The zero-order chi connectivity index (χ0) is 14.9. The summed E-state index contributed by atoms with van der Waals surface area (Å²) in [6.07, 6.45) is 0. The molecule has 1 aromatic heterocycles. The molecule has 0 fully saturated rings. The van der Waals surface area contributed by atoms with Crippen LogP contribution in [0.25, 0.3) is 11.1 Å². The molecule has 0 bridgehead atoms. The van der Waals surface area contributed by atoms with Crippen molar-refractivity contribution in [3.05, 3.63) is 66.1 Å². The molecule has 0 atom stereocenters. The third-order valence-electron chi connectivity index (χ3n) is 3.29. The highest BCUT2D eigenvalue weighted by molar-refractivity contribution is 5.94. The summed E-state index contributed by atoms with van der Waals surface area (Å²) in [6.45, 7) is 3.75. The van der Waals surface area contributed by atoms with E-state index in [1.165, 1.54) is 0 Å². The van der Waals surface area contributed by atoms with Crippen LogP contribution in [0.1, 0.15) is 30.1 Å². The van der Waals surface area contributed by atoms with Crippen molar-refractivity contribution in [2.24, 2.45) is 0 Å². The smallest absolute Gasteiger partial charge is 0.252 e. The van der Waals surface area contributed by atoms with Gasteiger partial charge in [-0.3, -0.25) is 4.79 Å². The van der Waals surface area contributed by atoms with Gasteiger partial charge >= 0.3 is 0 Å². The summed E-state index contributed by atoms with van der Waals surface area (Å²) in [5.41, 5.74) is 1.43. The van der Waals surface area contributed by atoms with Crippen molar-refractivity contribution in [3.8, 4) is 0 Å². The van der Waals surface area contributed by atoms with E-state index in [0.717, 1.165) is 11.1 Å². The number of nitrogens with zero attached hydrogens (tertiary/aromatic N) is 1. The number of aromatic nitrogens is 1. The second-order valence-corrected chi connectivity index (χ2v) is 5.43. The Morgan fingerprint density at radius 2 is 1.71 bits per heavy atom. The number of carbonyl (C=O) groups is 1. The number of para-hydroxylation sites is 2. The van der Waals surface area contributed by atoms with Crippen LogP contribution in [0.4, 0.5) is 0 Å². The lowest BCUT2D eigenvalue weighted by Crippen LogP contribution is -2.41. The molecule has 21 heavy (non-hydrogen) atoms. The third-order valence-corrected chi connectivity index (χ3v) is 3.29. The van der Waals surface area contributed by atoms with Crippen molar-refractivity contribution < 1.29 is 9.21 Å². The predicted molar refractivity (Wildman–Crippen MR) is 80.9 cm³/mol. The summed E-state index contributed by atoms with van der Waals surface area (Å²) in [5.74, 6) is 0.343. The Morgan fingerprint density at radius 3 is 2.43 bits per heavy atom. The summed E-state index contributed by atoms with van der Waals surface area (Å²) < 4.78 is 5.74. The van der Waals surface area contributed by atoms with Crippen molar-refractivity contribution in [3.63, 3.8) is 0 Å². The molecule has 0 aliphatic carbocycles. The number of rotatable bonds is 3. The lowest BCUT2D eigenvalue weighted by atomic mass is 10.0. The van der Waals surface area contributed by atoms with Gasteiger partial charge in [-0.1, -0.05) is 30.3 Å². The first-order chi connectivity index (χ1) is 10.1. The first-order valence-electron chi connectivity index (χ1n) is 6.80. The monoisotopic (exact) mass is 280 g/mol. The van der Waals surface area contributed by atoms with E-state index in [1.807, 2.05) is 56.3 Å². The molecule has 2 aromatic carbocycles. The van der Waals surface area contributed by atoms with Crippen LogP contribution in [0.5, 0.6) is 0 Å².